The van der Waals surface area contributed by atoms with Crippen molar-refractivity contribution in [1.29, 1.82) is 0 Å². The molecule has 0 spiro atoms. The summed E-state index contributed by atoms with van der Waals surface area (Å²) in [6.45, 7) is 11.5. The fourth-order valence-electron chi connectivity index (χ4n) is 3.10. The first-order chi connectivity index (χ1) is 11.8. The zero-order valence-electron chi connectivity index (χ0n) is 15.5. The summed E-state index contributed by atoms with van der Waals surface area (Å²) >= 11 is 6.03. The summed E-state index contributed by atoms with van der Waals surface area (Å²) in [4.78, 5) is 14.9. The lowest BCUT2D eigenvalue weighted by atomic mass is 10.1. The van der Waals surface area contributed by atoms with E-state index in [1.807, 2.05) is 13.8 Å². The highest BCUT2D eigenvalue weighted by Crippen LogP contribution is 2.24. The van der Waals surface area contributed by atoms with E-state index in [-0.39, 0.29) is 24.2 Å². The Morgan fingerprint density at radius 2 is 2.04 bits per heavy atom. The average Bonchev–Trinajstić information content (AvgIpc) is 2.51. The second-order valence-electron chi connectivity index (χ2n) is 6.93. The maximum Gasteiger partial charge on any atom is 0.255 e. The van der Waals surface area contributed by atoms with Gasteiger partial charge in [-0.05, 0) is 52.3 Å². The van der Waals surface area contributed by atoms with E-state index in [4.69, 9.17) is 21.1 Å². The Kier molecular flexibility index (Phi) is 7.54. The van der Waals surface area contributed by atoms with Gasteiger partial charge in [0.1, 0.15) is 5.75 Å². The van der Waals surface area contributed by atoms with E-state index < -0.39 is 0 Å². The first-order valence-electron chi connectivity index (χ1n) is 8.97. The molecule has 1 aliphatic rings. The maximum atomic E-state index is 12.5. The summed E-state index contributed by atoms with van der Waals surface area (Å²) in [6.07, 6.45) is 1.42. The largest absolute Gasteiger partial charge is 0.490 e. The minimum absolute atomic E-state index is 0.00183. The highest BCUT2D eigenvalue weighted by molar-refractivity contribution is 6.31. The Balaban J connectivity index is 1.83. The van der Waals surface area contributed by atoms with E-state index in [9.17, 15) is 4.79 Å². The zero-order valence-corrected chi connectivity index (χ0v) is 16.3. The van der Waals surface area contributed by atoms with Gasteiger partial charge in [0.15, 0.2) is 0 Å². The Bertz CT molecular complexity index is 570. The van der Waals surface area contributed by atoms with Gasteiger partial charge in [0.25, 0.3) is 5.91 Å². The second kappa shape index (κ2) is 9.41. The van der Waals surface area contributed by atoms with Crippen LogP contribution < -0.4 is 10.1 Å². The summed E-state index contributed by atoms with van der Waals surface area (Å²) in [5.41, 5.74) is 0.481. The van der Waals surface area contributed by atoms with Crippen molar-refractivity contribution in [3.63, 3.8) is 0 Å². The number of benzene rings is 1. The first kappa shape index (κ1) is 20.0. The zero-order chi connectivity index (χ0) is 18.4. The predicted octanol–water partition coefficient (Wildman–Crippen LogP) is 3.36. The Labute approximate surface area is 155 Å². The van der Waals surface area contributed by atoms with Crippen molar-refractivity contribution in [3.8, 4) is 5.75 Å². The molecule has 1 heterocycles. The van der Waals surface area contributed by atoms with Gasteiger partial charge in [0.2, 0.25) is 0 Å². The molecule has 6 heteroatoms. The maximum absolute atomic E-state index is 12.5. The number of morpholine rings is 1. The molecule has 1 saturated heterocycles. The third kappa shape index (κ3) is 6.49. The van der Waals surface area contributed by atoms with Crippen LogP contribution in [0.15, 0.2) is 18.2 Å². The van der Waals surface area contributed by atoms with Crippen LogP contribution in [0.25, 0.3) is 0 Å². The molecular formula is C19H29ClN2O3. The SMILES string of the molecule is CC(C)Oc1ccc(Cl)cc1C(=O)NCCCN1CC(C)OC(C)C1. The van der Waals surface area contributed by atoms with Crippen LogP contribution >= 0.6 is 11.6 Å². The summed E-state index contributed by atoms with van der Waals surface area (Å²) in [5.74, 6) is 0.412. The number of carbonyl (C=O) groups is 1. The Morgan fingerprint density at radius 1 is 1.36 bits per heavy atom. The average molecular weight is 369 g/mol. The highest BCUT2D eigenvalue weighted by atomic mass is 35.5. The number of ether oxygens (including phenoxy) is 2. The van der Waals surface area contributed by atoms with Gasteiger partial charge in [0.05, 0.1) is 23.9 Å². The van der Waals surface area contributed by atoms with E-state index in [0.717, 1.165) is 26.1 Å². The molecular weight excluding hydrogens is 340 g/mol. The lowest BCUT2D eigenvalue weighted by Gasteiger charge is -2.35. The van der Waals surface area contributed by atoms with E-state index in [1.165, 1.54) is 0 Å². The summed E-state index contributed by atoms with van der Waals surface area (Å²) in [7, 11) is 0. The monoisotopic (exact) mass is 368 g/mol. The fraction of sp³-hybridized carbons (Fsp3) is 0.632. The molecule has 140 valence electrons. The van der Waals surface area contributed by atoms with Gasteiger partial charge in [-0.3, -0.25) is 9.69 Å². The summed E-state index contributed by atoms with van der Waals surface area (Å²) in [5, 5.41) is 3.49. The van der Waals surface area contributed by atoms with Crippen LogP contribution in [0.5, 0.6) is 5.75 Å². The van der Waals surface area contributed by atoms with Crippen molar-refractivity contribution in [3.05, 3.63) is 28.8 Å². The number of hydrogen-bond donors (Lipinski definition) is 1. The van der Waals surface area contributed by atoms with Crippen molar-refractivity contribution in [1.82, 2.24) is 10.2 Å². The van der Waals surface area contributed by atoms with Crippen LogP contribution in [0.1, 0.15) is 44.5 Å². The number of carbonyl (C=O) groups excluding carboxylic acids is 1. The smallest absolute Gasteiger partial charge is 0.255 e. The summed E-state index contributed by atoms with van der Waals surface area (Å²) in [6, 6.07) is 5.13. The minimum atomic E-state index is -0.151. The van der Waals surface area contributed by atoms with Gasteiger partial charge in [-0.25, -0.2) is 0 Å². The van der Waals surface area contributed by atoms with E-state index in [0.29, 0.717) is 22.9 Å². The number of hydrogen-bond acceptors (Lipinski definition) is 4. The topological polar surface area (TPSA) is 50.8 Å². The molecule has 1 aromatic rings. The van der Waals surface area contributed by atoms with Crippen LogP contribution in [0.4, 0.5) is 0 Å². The van der Waals surface area contributed by atoms with Crippen LogP contribution in [0, 0.1) is 0 Å². The molecule has 0 saturated carbocycles. The van der Waals surface area contributed by atoms with Crippen molar-refractivity contribution < 1.29 is 14.3 Å². The van der Waals surface area contributed by atoms with Crippen molar-refractivity contribution in [2.75, 3.05) is 26.2 Å². The number of nitrogens with zero attached hydrogens (tertiary/aromatic N) is 1. The molecule has 1 fully saturated rings. The minimum Gasteiger partial charge on any atom is -0.490 e. The van der Waals surface area contributed by atoms with Crippen molar-refractivity contribution in [2.45, 2.75) is 52.4 Å². The molecule has 0 radical (unpaired) electrons. The van der Waals surface area contributed by atoms with Gasteiger partial charge < -0.3 is 14.8 Å². The number of halogens is 1. The molecule has 2 atom stereocenters. The molecule has 1 aromatic carbocycles. The van der Waals surface area contributed by atoms with Crippen LogP contribution in [-0.2, 0) is 4.74 Å². The standard InChI is InChI=1S/C19H29ClN2O3/c1-13(2)24-18-7-6-16(20)10-17(18)19(23)21-8-5-9-22-11-14(3)25-15(4)12-22/h6-7,10,13-15H,5,8-9,11-12H2,1-4H3,(H,21,23). The molecule has 1 amide bonds. The Hall–Kier alpha value is -1.30. The molecule has 2 unspecified atom stereocenters. The quantitative estimate of drug-likeness (QED) is 0.750. The molecule has 1 aliphatic heterocycles. The lowest BCUT2D eigenvalue weighted by Crippen LogP contribution is -2.46. The van der Waals surface area contributed by atoms with Gasteiger partial charge in [0, 0.05) is 31.2 Å². The molecule has 0 aromatic heterocycles. The predicted molar refractivity (Wildman–Crippen MR) is 101 cm³/mol. The number of rotatable bonds is 7. The van der Waals surface area contributed by atoms with Crippen LogP contribution in [0.3, 0.4) is 0 Å². The molecule has 1 N–H and O–H groups in total. The normalized spacial score (nSPS) is 21.4. The molecule has 25 heavy (non-hydrogen) atoms. The molecule has 2 rings (SSSR count). The second-order valence-corrected chi connectivity index (χ2v) is 7.37. The van der Waals surface area contributed by atoms with E-state index in [1.54, 1.807) is 18.2 Å². The van der Waals surface area contributed by atoms with Crippen molar-refractivity contribution in [2.24, 2.45) is 0 Å². The van der Waals surface area contributed by atoms with E-state index in [2.05, 4.69) is 24.1 Å². The fourth-order valence-corrected chi connectivity index (χ4v) is 3.28. The molecule has 5 nitrogen and oxygen atoms in total. The molecule has 0 aliphatic carbocycles. The van der Waals surface area contributed by atoms with Gasteiger partial charge in [-0.2, -0.15) is 0 Å². The first-order valence-corrected chi connectivity index (χ1v) is 9.35. The number of amides is 1. The van der Waals surface area contributed by atoms with Crippen molar-refractivity contribution >= 4 is 17.5 Å². The van der Waals surface area contributed by atoms with Crippen LogP contribution in [-0.4, -0.2) is 55.3 Å². The Morgan fingerprint density at radius 3 is 2.68 bits per heavy atom. The third-order valence-corrected chi connectivity index (χ3v) is 4.22. The van der Waals surface area contributed by atoms with Gasteiger partial charge in [-0.1, -0.05) is 11.6 Å². The van der Waals surface area contributed by atoms with Gasteiger partial charge >= 0.3 is 0 Å². The highest BCUT2D eigenvalue weighted by Gasteiger charge is 2.21. The van der Waals surface area contributed by atoms with Gasteiger partial charge in [-0.15, -0.1) is 0 Å². The third-order valence-electron chi connectivity index (χ3n) is 3.98. The lowest BCUT2D eigenvalue weighted by molar-refractivity contribution is -0.0680. The van der Waals surface area contributed by atoms with Crippen LogP contribution in [0.2, 0.25) is 5.02 Å². The molecule has 0 bridgehead atoms. The number of nitrogens with one attached hydrogen (secondary N) is 1. The summed E-state index contributed by atoms with van der Waals surface area (Å²) < 4.78 is 11.4. The van der Waals surface area contributed by atoms with E-state index >= 15 is 0 Å².